The lowest BCUT2D eigenvalue weighted by Gasteiger charge is -2.15. The van der Waals surface area contributed by atoms with Gasteiger partial charge in [-0.2, -0.15) is 5.10 Å². The zero-order valence-corrected chi connectivity index (χ0v) is 13.9. The molecule has 0 unspecified atom stereocenters. The van der Waals surface area contributed by atoms with Crippen molar-refractivity contribution in [3.05, 3.63) is 41.8 Å². The van der Waals surface area contributed by atoms with Crippen molar-refractivity contribution in [1.82, 2.24) is 14.7 Å². The average Bonchev–Trinajstić information content (AvgIpc) is 3.22. The summed E-state index contributed by atoms with van der Waals surface area (Å²) in [6.45, 7) is 1.42. The third-order valence-electron chi connectivity index (χ3n) is 3.95. The molecule has 0 bridgehead atoms. The third-order valence-corrected chi connectivity index (χ3v) is 3.95. The molecular weight excluding hydrogens is 327 g/mol. The first-order chi connectivity index (χ1) is 12.0. The van der Waals surface area contributed by atoms with Crippen LogP contribution >= 0.6 is 0 Å². The Balaban J connectivity index is 1.61. The number of carbonyl (C=O) groups is 2. The fourth-order valence-corrected chi connectivity index (χ4v) is 2.65. The number of aryl methyl sites for hydroxylation is 1. The molecule has 1 saturated heterocycles. The number of nitrogens with zero attached hydrogens (tertiary/aromatic N) is 3. The van der Waals surface area contributed by atoms with Gasteiger partial charge in [0, 0.05) is 31.9 Å². The number of rotatable bonds is 5. The molecule has 1 N–H and O–H groups in total. The smallest absolute Gasteiger partial charge is 0.276 e. The Morgan fingerprint density at radius 2 is 2.04 bits per heavy atom. The van der Waals surface area contributed by atoms with E-state index in [1.165, 1.54) is 28.9 Å². The molecule has 0 spiro atoms. The number of ether oxygens (including phenoxy) is 1. The Morgan fingerprint density at radius 1 is 1.28 bits per heavy atom. The molecule has 1 aliphatic heterocycles. The van der Waals surface area contributed by atoms with Gasteiger partial charge in [0.25, 0.3) is 11.8 Å². The van der Waals surface area contributed by atoms with Crippen LogP contribution in [0.4, 0.5) is 10.1 Å². The first-order valence-electron chi connectivity index (χ1n) is 8.04. The molecule has 25 heavy (non-hydrogen) atoms. The van der Waals surface area contributed by atoms with Gasteiger partial charge in [-0.25, -0.2) is 9.07 Å². The van der Waals surface area contributed by atoms with E-state index in [9.17, 15) is 14.0 Å². The Morgan fingerprint density at radius 3 is 2.76 bits per heavy atom. The van der Waals surface area contributed by atoms with Crippen LogP contribution < -0.4 is 10.1 Å². The van der Waals surface area contributed by atoms with Gasteiger partial charge in [-0.3, -0.25) is 9.59 Å². The fraction of sp³-hybridized carbons (Fsp3) is 0.353. The molecule has 8 heteroatoms. The van der Waals surface area contributed by atoms with E-state index >= 15 is 0 Å². The molecule has 1 aromatic carbocycles. The van der Waals surface area contributed by atoms with E-state index in [1.54, 1.807) is 18.0 Å². The van der Waals surface area contributed by atoms with Gasteiger partial charge in [0.05, 0.1) is 0 Å². The lowest BCUT2D eigenvalue weighted by molar-refractivity contribution is -0.132. The standard InChI is InChI=1S/C17H19FN4O3/c1-21-16(25-11-15(23)22-7-2-3-8-22)10-14(20-21)17(24)19-13-6-4-5-12(18)9-13/h4-6,9-10H,2-3,7-8,11H2,1H3,(H,19,24). The maximum Gasteiger partial charge on any atom is 0.276 e. The summed E-state index contributed by atoms with van der Waals surface area (Å²) in [5, 5.41) is 6.63. The van der Waals surface area contributed by atoms with Crippen LogP contribution in [0, 0.1) is 5.82 Å². The van der Waals surface area contributed by atoms with Gasteiger partial charge in [0.1, 0.15) is 5.82 Å². The van der Waals surface area contributed by atoms with Gasteiger partial charge in [-0.1, -0.05) is 6.07 Å². The molecule has 2 aromatic rings. The molecule has 7 nitrogen and oxygen atoms in total. The maximum absolute atomic E-state index is 13.2. The van der Waals surface area contributed by atoms with Gasteiger partial charge in [0.2, 0.25) is 5.88 Å². The molecule has 0 atom stereocenters. The van der Waals surface area contributed by atoms with Crippen molar-refractivity contribution in [3.8, 4) is 5.88 Å². The predicted octanol–water partition coefficient (Wildman–Crippen LogP) is 1.81. The quantitative estimate of drug-likeness (QED) is 0.896. The van der Waals surface area contributed by atoms with Crippen LogP contribution in [0.1, 0.15) is 23.3 Å². The molecule has 1 aliphatic rings. The van der Waals surface area contributed by atoms with Gasteiger partial charge in [-0.05, 0) is 31.0 Å². The van der Waals surface area contributed by atoms with E-state index in [2.05, 4.69) is 10.4 Å². The first kappa shape index (κ1) is 16.9. The lowest BCUT2D eigenvalue weighted by Crippen LogP contribution is -2.32. The van der Waals surface area contributed by atoms with Gasteiger partial charge in [-0.15, -0.1) is 0 Å². The van der Waals surface area contributed by atoms with Crippen molar-refractivity contribution in [3.63, 3.8) is 0 Å². The molecule has 1 aromatic heterocycles. The number of nitrogens with one attached hydrogen (secondary N) is 1. The Kier molecular flexibility index (Phi) is 4.97. The van der Waals surface area contributed by atoms with Crippen molar-refractivity contribution in [2.75, 3.05) is 25.0 Å². The van der Waals surface area contributed by atoms with Crippen LogP contribution in [0.2, 0.25) is 0 Å². The number of halogens is 1. The molecular formula is C17H19FN4O3. The second kappa shape index (κ2) is 7.33. The zero-order valence-electron chi connectivity index (χ0n) is 13.9. The highest BCUT2D eigenvalue weighted by Crippen LogP contribution is 2.16. The minimum atomic E-state index is -0.484. The van der Waals surface area contributed by atoms with Crippen molar-refractivity contribution in [2.45, 2.75) is 12.8 Å². The Hall–Kier alpha value is -2.90. The molecule has 1 fully saturated rings. The zero-order chi connectivity index (χ0) is 17.8. The normalized spacial score (nSPS) is 13.8. The SMILES string of the molecule is Cn1nc(C(=O)Nc2cccc(F)c2)cc1OCC(=O)N1CCCC1. The number of carbonyl (C=O) groups excluding carboxylic acids is 2. The lowest BCUT2D eigenvalue weighted by atomic mass is 10.3. The maximum atomic E-state index is 13.2. The fourth-order valence-electron chi connectivity index (χ4n) is 2.65. The topological polar surface area (TPSA) is 76.5 Å². The van der Waals surface area contributed by atoms with Gasteiger partial charge in [0.15, 0.2) is 12.3 Å². The van der Waals surface area contributed by atoms with Gasteiger partial charge >= 0.3 is 0 Å². The summed E-state index contributed by atoms with van der Waals surface area (Å²) < 4.78 is 20.0. The van der Waals surface area contributed by atoms with Crippen LogP contribution in [0.25, 0.3) is 0 Å². The summed E-state index contributed by atoms with van der Waals surface area (Å²) in [4.78, 5) is 26.0. The molecule has 0 saturated carbocycles. The van der Waals surface area contributed by atoms with Gasteiger partial charge < -0.3 is 15.0 Å². The van der Waals surface area contributed by atoms with E-state index in [0.29, 0.717) is 11.6 Å². The van der Waals surface area contributed by atoms with Crippen LogP contribution in [0.3, 0.4) is 0 Å². The average molecular weight is 346 g/mol. The largest absolute Gasteiger partial charge is 0.468 e. The number of likely N-dealkylation sites (tertiary alicyclic amines) is 1. The van der Waals surface area contributed by atoms with Crippen molar-refractivity contribution < 1.29 is 18.7 Å². The highest BCUT2D eigenvalue weighted by atomic mass is 19.1. The van der Waals surface area contributed by atoms with Crippen LogP contribution in [0.5, 0.6) is 5.88 Å². The van der Waals surface area contributed by atoms with E-state index in [0.717, 1.165) is 25.9 Å². The van der Waals surface area contributed by atoms with Crippen molar-refractivity contribution in [1.29, 1.82) is 0 Å². The van der Waals surface area contributed by atoms with Crippen molar-refractivity contribution in [2.24, 2.45) is 7.05 Å². The summed E-state index contributed by atoms with van der Waals surface area (Å²) >= 11 is 0. The predicted molar refractivity (Wildman–Crippen MR) is 88.9 cm³/mol. The van der Waals surface area contributed by atoms with Crippen LogP contribution in [-0.4, -0.2) is 46.2 Å². The van der Waals surface area contributed by atoms with E-state index in [4.69, 9.17) is 4.74 Å². The third kappa shape index (κ3) is 4.14. The summed E-state index contributed by atoms with van der Waals surface area (Å²) in [7, 11) is 1.62. The minimum Gasteiger partial charge on any atom is -0.468 e. The van der Waals surface area contributed by atoms with Crippen molar-refractivity contribution >= 4 is 17.5 Å². The Bertz CT molecular complexity index is 784. The number of aromatic nitrogens is 2. The highest BCUT2D eigenvalue weighted by molar-refractivity contribution is 6.03. The highest BCUT2D eigenvalue weighted by Gasteiger charge is 2.20. The number of hydrogen-bond acceptors (Lipinski definition) is 4. The molecule has 0 aliphatic carbocycles. The molecule has 0 radical (unpaired) electrons. The molecule has 2 heterocycles. The van der Waals surface area contributed by atoms with E-state index < -0.39 is 11.7 Å². The molecule has 132 valence electrons. The number of amides is 2. The number of benzene rings is 1. The molecule has 2 amide bonds. The van der Waals surface area contributed by atoms with Crippen LogP contribution in [-0.2, 0) is 11.8 Å². The second-order valence-electron chi connectivity index (χ2n) is 5.83. The number of hydrogen-bond donors (Lipinski definition) is 1. The van der Waals surface area contributed by atoms with E-state index in [-0.39, 0.29) is 18.2 Å². The van der Waals surface area contributed by atoms with E-state index in [1.807, 2.05) is 0 Å². The summed E-state index contributed by atoms with van der Waals surface area (Å²) in [5.41, 5.74) is 0.456. The molecule has 3 rings (SSSR count). The minimum absolute atomic E-state index is 0.0792. The monoisotopic (exact) mass is 346 g/mol. The summed E-state index contributed by atoms with van der Waals surface area (Å²) in [6.07, 6.45) is 2.03. The summed E-state index contributed by atoms with van der Waals surface area (Å²) in [6, 6.07) is 7.04. The Labute approximate surface area is 144 Å². The van der Waals surface area contributed by atoms with Crippen LogP contribution in [0.15, 0.2) is 30.3 Å². The summed E-state index contributed by atoms with van der Waals surface area (Å²) in [5.74, 6) is -0.688. The first-order valence-corrected chi connectivity index (χ1v) is 8.04. The second-order valence-corrected chi connectivity index (χ2v) is 5.83. The number of anilines is 1.